The highest BCUT2D eigenvalue weighted by atomic mass is 16.7. The third kappa shape index (κ3) is 7.29. The Bertz CT molecular complexity index is 103. The highest BCUT2D eigenvalue weighted by molar-refractivity contribution is 5.69. The molecular weight excluding hydrogens is 148 g/mol. The molecule has 0 N–H and O–H groups in total. The lowest BCUT2D eigenvalue weighted by Crippen LogP contribution is -2.09. The first-order valence-electron chi connectivity index (χ1n) is 3.23. The summed E-state index contributed by atoms with van der Waals surface area (Å²) in [5.41, 5.74) is 0. The average Bonchev–Trinajstić information content (AvgIpc) is 2.01. The predicted octanol–water partition coefficient (Wildman–Crippen LogP) is 0.251. The summed E-state index contributed by atoms with van der Waals surface area (Å²) >= 11 is 0. The van der Waals surface area contributed by atoms with Crippen molar-refractivity contribution < 1.29 is 19.0 Å². The molecule has 0 aromatic carbocycles. The molecule has 0 saturated carbocycles. The Morgan fingerprint density at radius 1 is 1.55 bits per heavy atom. The Labute approximate surface area is 66.4 Å². The molecule has 0 aliphatic heterocycles. The van der Waals surface area contributed by atoms with Gasteiger partial charge in [-0.2, -0.15) is 0 Å². The first-order valence-corrected chi connectivity index (χ1v) is 3.23. The van der Waals surface area contributed by atoms with E-state index >= 15 is 0 Å². The molecule has 0 aliphatic carbocycles. The van der Waals surface area contributed by atoms with Crippen LogP contribution in [0.2, 0.25) is 0 Å². The maximum Gasteiger partial charge on any atom is 0.310 e. The van der Waals surface area contributed by atoms with E-state index in [9.17, 15) is 4.79 Å². The molecule has 0 amide bonds. The molecule has 4 heteroatoms. The maximum atomic E-state index is 10.7. The summed E-state index contributed by atoms with van der Waals surface area (Å²) in [6, 6.07) is 0. The molecule has 64 valence electrons. The van der Waals surface area contributed by atoms with Gasteiger partial charge >= 0.3 is 5.97 Å². The zero-order valence-corrected chi connectivity index (χ0v) is 6.54. The first kappa shape index (κ1) is 10.4. The van der Waals surface area contributed by atoms with Gasteiger partial charge in [0.2, 0.25) is 0 Å². The summed E-state index contributed by atoms with van der Waals surface area (Å²) in [4.78, 5) is 10.7. The fraction of sp³-hybridized carbons (Fsp3) is 0.714. The fourth-order valence-corrected chi connectivity index (χ4v) is 0.436. The van der Waals surface area contributed by atoms with Crippen LogP contribution in [0.5, 0.6) is 0 Å². The van der Waals surface area contributed by atoms with Gasteiger partial charge in [-0.05, 0) is 6.92 Å². The van der Waals surface area contributed by atoms with Gasteiger partial charge in [-0.1, -0.05) is 0 Å². The van der Waals surface area contributed by atoms with Crippen LogP contribution in [0.25, 0.3) is 0 Å². The van der Waals surface area contributed by atoms with E-state index in [2.05, 4.69) is 9.47 Å². The van der Waals surface area contributed by atoms with E-state index in [0.29, 0.717) is 6.61 Å². The summed E-state index contributed by atoms with van der Waals surface area (Å²) in [6.45, 7) is 5.42. The van der Waals surface area contributed by atoms with Gasteiger partial charge < -0.3 is 14.2 Å². The standard InChI is InChI=1S/C7H12O4/c1-3-10-5-4-7(8)11-6-9-2/h1H,3-6H2,2H3. The van der Waals surface area contributed by atoms with Crippen LogP contribution in [0.3, 0.4) is 0 Å². The molecule has 0 unspecified atom stereocenters. The van der Waals surface area contributed by atoms with Gasteiger partial charge in [-0.25, -0.2) is 0 Å². The molecule has 0 aromatic heterocycles. The van der Waals surface area contributed by atoms with E-state index in [1.165, 1.54) is 7.11 Å². The minimum Gasteiger partial charge on any atom is -0.438 e. The average molecular weight is 160 g/mol. The van der Waals surface area contributed by atoms with Crippen molar-refractivity contribution in [1.82, 2.24) is 0 Å². The zero-order chi connectivity index (χ0) is 8.53. The first-order chi connectivity index (χ1) is 5.31. The van der Waals surface area contributed by atoms with Crippen LogP contribution in [0.4, 0.5) is 0 Å². The molecular formula is C7H12O4. The normalized spacial score (nSPS) is 9.64. The van der Waals surface area contributed by atoms with Crippen molar-refractivity contribution in [3.8, 4) is 0 Å². The second-order valence-corrected chi connectivity index (χ2v) is 1.75. The van der Waals surface area contributed by atoms with Crippen molar-refractivity contribution >= 4 is 5.97 Å². The van der Waals surface area contributed by atoms with Crippen molar-refractivity contribution in [1.29, 1.82) is 0 Å². The van der Waals surface area contributed by atoms with Crippen molar-refractivity contribution in [2.75, 3.05) is 27.1 Å². The van der Waals surface area contributed by atoms with Crippen LogP contribution in [0, 0.1) is 6.92 Å². The largest absolute Gasteiger partial charge is 0.438 e. The van der Waals surface area contributed by atoms with Crippen LogP contribution >= 0.6 is 0 Å². The van der Waals surface area contributed by atoms with E-state index < -0.39 is 0 Å². The minimum atomic E-state index is -0.347. The number of carbonyl (C=O) groups is 1. The predicted molar refractivity (Wildman–Crippen MR) is 37.7 cm³/mol. The lowest BCUT2D eigenvalue weighted by molar-refractivity contribution is -0.155. The molecule has 4 nitrogen and oxygen atoms in total. The van der Waals surface area contributed by atoms with Gasteiger partial charge in [-0.15, -0.1) is 0 Å². The van der Waals surface area contributed by atoms with Crippen LogP contribution in [0.15, 0.2) is 0 Å². The summed E-state index contributed by atoms with van der Waals surface area (Å²) in [6.07, 6.45) is 0.209. The number of hydrogen-bond donors (Lipinski definition) is 0. The molecule has 0 saturated heterocycles. The Morgan fingerprint density at radius 2 is 2.27 bits per heavy atom. The molecule has 0 aromatic rings. The Morgan fingerprint density at radius 3 is 2.82 bits per heavy atom. The van der Waals surface area contributed by atoms with E-state index in [0.717, 1.165) is 0 Å². The van der Waals surface area contributed by atoms with Crippen molar-refractivity contribution in [2.24, 2.45) is 0 Å². The summed E-state index contributed by atoms with van der Waals surface area (Å²) in [5.74, 6) is -0.347. The van der Waals surface area contributed by atoms with E-state index in [4.69, 9.17) is 11.7 Å². The lowest BCUT2D eigenvalue weighted by atomic mass is 10.5. The molecule has 0 atom stereocenters. The van der Waals surface area contributed by atoms with Gasteiger partial charge in [0.15, 0.2) is 6.79 Å². The number of esters is 1. The number of ether oxygens (including phenoxy) is 3. The van der Waals surface area contributed by atoms with Crippen LogP contribution in [0.1, 0.15) is 6.42 Å². The fourth-order valence-electron chi connectivity index (χ4n) is 0.436. The highest BCUT2D eigenvalue weighted by Crippen LogP contribution is 1.87. The summed E-state index contributed by atoms with van der Waals surface area (Å²) in [5, 5.41) is 0. The van der Waals surface area contributed by atoms with Crippen molar-refractivity contribution in [2.45, 2.75) is 6.42 Å². The van der Waals surface area contributed by atoms with Gasteiger partial charge in [0.25, 0.3) is 0 Å². The maximum absolute atomic E-state index is 10.7. The van der Waals surface area contributed by atoms with Crippen molar-refractivity contribution in [3.05, 3.63) is 6.92 Å². The van der Waals surface area contributed by atoms with Gasteiger partial charge in [0, 0.05) is 7.11 Å². The molecule has 0 bridgehead atoms. The summed E-state index contributed by atoms with van der Waals surface area (Å²) in [7, 11) is 1.45. The molecule has 0 heterocycles. The third-order valence-corrected chi connectivity index (χ3v) is 0.906. The minimum absolute atomic E-state index is 0.0124. The Hall–Kier alpha value is -0.610. The zero-order valence-electron chi connectivity index (χ0n) is 6.54. The molecule has 0 spiro atoms. The molecule has 2 radical (unpaired) electrons. The second-order valence-electron chi connectivity index (χ2n) is 1.75. The van der Waals surface area contributed by atoms with Crippen LogP contribution < -0.4 is 0 Å². The van der Waals surface area contributed by atoms with Crippen molar-refractivity contribution in [3.63, 3.8) is 0 Å². The number of rotatable bonds is 6. The van der Waals surface area contributed by atoms with E-state index in [1.807, 2.05) is 0 Å². The number of methoxy groups -OCH3 is 1. The van der Waals surface area contributed by atoms with Gasteiger partial charge in [-0.3, -0.25) is 4.79 Å². The SMILES string of the molecule is [CH]COCCC(=O)OCOC. The second kappa shape index (κ2) is 7.50. The van der Waals surface area contributed by atoms with Gasteiger partial charge in [0.05, 0.1) is 19.6 Å². The molecule has 0 fully saturated rings. The van der Waals surface area contributed by atoms with Crippen LogP contribution in [-0.4, -0.2) is 33.1 Å². The van der Waals surface area contributed by atoms with Gasteiger partial charge in [0.1, 0.15) is 0 Å². The summed E-state index contributed by atoms with van der Waals surface area (Å²) < 4.78 is 13.8. The lowest BCUT2D eigenvalue weighted by Gasteiger charge is -2.02. The quantitative estimate of drug-likeness (QED) is 0.317. The number of carbonyl (C=O) groups excluding carboxylic acids is 1. The monoisotopic (exact) mass is 160 g/mol. The van der Waals surface area contributed by atoms with Crippen LogP contribution in [-0.2, 0) is 19.0 Å². The van der Waals surface area contributed by atoms with E-state index in [-0.39, 0.29) is 25.8 Å². The molecule has 0 rings (SSSR count). The molecule has 11 heavy (non-hydrogen) atoms. The molecule has 0 aliphatic rings. The number of hydrogen-bond acceptors (Lipinski definition) is 4. The van der Waals surface area contributed by atoms with E-state index in [1.54, 1.807) is 0 Å². The Balaban J connectivity index is 3.09. The smallest absolute Gasteiger partial charge is 0.310 e. The topological polar surface area (TPSA) is 44.8 Å². The third-order valence-electron chi connectivity index (χ3n) is 0.906. The highest BCUT2D eigenvalue weighted by Gasteiger charge is 2.00. The Kier molecular flexibility index (Phi) is 7.08.